The first-order chi connectivity index (χ1) is 18.6. The number of carbonyl (C=O) groups excluding carboxylic acids is 3. The van der Waals surface area contributed by atoms with Crippen LogP contribution < -0.4 is 27.4 Å². The molecule has 4 unspecified atom stereocenters. The average Bonchev–Trinajstić information content (AvgIpc) is 3.40. The van der Waals surface area contributed by atoms with E-state index >= 15 is 0 Å². The molecule has 0 radical (unpaired) electrons. The molecule has 2 aromatic rings. The zero-order valence-electron chi connectivity index (χ0n) is 22.6. The third-order valence-electron chi connectivity index (χ3n) is 6.15. The molecule has 0 aliphatic heterocycles. The van der Waals surface area contributed by atoms with Crippen molar-refractivity contribution in [1.29, 1.82) is 0 Å². The molecule has 0 fully saturated rings. The van der Waals surface area contributed by atoms with Crippen LogP contribution in [-0.2, 0) is 32.0 Å². The van der Waals surface area contributed by atoms with Crippen molar-refractivity contribution in [3.8, 4) is 0 Å². The van der Waals surface area contributed by atoms with Crippen LogP contribution in [0.1, 0.15) is 50.8 Å². The standard InChI is InChI=1S/C27H41N7O5/c1-17(2)12-20(29)24(35)33-22(13-18-8-4-3-5-9-18)25(36)34-23(14-19-15-30-16-31-19)26(37)32-21(27(38)39)10-6-7-11-28/h3-5,8-9,15-17,20-23H,6-7,10-14,28-29H2,1-2H3,(H,30,31)(H,32,37)(H,33,35)(H,34,36)(H,38,39). The summed E-state index contributed by atoms with van der Waals surface area (Å²) in [5.74, 6) is -2.74. The van der Waals surface area contributed by atoms with E-state index in [1.807, 2.05) is 44.2 Å². The molecule has 0 saturated heterocycles. The first-order valence-electron chi connectivity index (χ1n) is 13.2. The first-order valence-corrected chi connectivity index (χ1v) is 13.2. The number of nitrogens with one attached hydrogen (secondary N) is 4. The van der Waals surface area contributed by atoms with Crippen LogP contribution in [0.4, 0.5) is 0 Å². The summed E-state index contributed by atoms with van der Waals surface area (Å²) in [6, 6.07) is 5.05. The van der Waals surface area contributed by atoms with E-state index in [9.17, 15) is 24.3 Å². The predicted molar refractivity (Wildman–Crippen MR) is 146 cm³/mol. The molecule has 4 atom stereocenters. The minimum absolute atomic E-state index is 0.0333. The quantitative estimate of drug-likeness (QED) is 0.137. The van der Waals surface area contributed by atoms with Gasteiger partial charge in [-0.2, -0.15) is 0 Å². The van der Waals surface area contributed by atoms with Crippen LogP contribution in [0, 0.1) is 5.92 Å². The third kappa shape index (κ3) is 11.2. The van der Waals surface area contributed by atoms with Crippen molar-refractivity contribution in [3.05, 3.63) is 54.1 Å². The minimum Gasteiger partial charge on any atom is -0.480 e. The van der Waals surface area contributed by atoms with Crippen molar-refractivity contribution in [1.82, 2.24) is 25.9 Å². The van der Waals surface area contributed by atoms with E-state index < -0.39 is 47.9 Å². The molecular weight excluding hydrogens is 502 g/mol. The Morgan fingerprint density at radius 2 is 1.54 bits per heavy atom. The van der Waals surface area contributed by atoms with Gasteiger partial charge in [0.25, 0.3) is 0 Å². The van der Waals surface area contributed by atoms with E-state index in [4.69, 9.17) is 11.5 Å². The fourth-order valence-corrected chi connectivity index (χ4v) is 4.07. The number of aliphatic carboxylic acids is 1. The number of unbranched alkanes of at least 4 members (excludes halogenated alkanes) is 1. The number of nitrogens with two attached hydrogens (primary N) is 2. The molecule has 9 N–H and O–H groups in total. The number of hydrogen-bond acceptors (Lipinski definition) is 7. The summed E-state index contributed by atoms with van der Waals surface area (Å²) in [4.78, 5) is 58.1. The number of imidazole rings is 1. The molecular formula is C27H41N7O5. The lowest BCUT2D eigenvalue weighted by Gasteiger charge is -2.25. The Labute approximate surface area is 228 Å². The van der Waals surface area contributed by atoms with Crippen molar-refractivity contribution < 1.29 is 24.3 Å². The Morgan fingerprint density at radius 1 is 0.923 bits per heavy atom. The molecule has 0 aliphatic rings. The Bertz CT molecular complexity index is 1050. The summed E-state index contributed by atoms with van der Waals surface area (Å²) < 4.78 is 0. The van der Waals surface area contributed by atoms with E-state index in [0.29, 0.717) is 31.5 Å². The van der Waals surface area contributed by atoms with Crippen molar-refractivity contribution in [2.45, 2.75) is 76.5 Å². The number of carboxylic acid groups (broad SMARTS) is 1. The van der Waals surface area contributed by atoms with Crippen LogP contribution in [-0.4, -0.2) is 69.5 Å². The second-order valence-corrected chi connectivity index (χ2v) is 10.0. The second-order valence-electron chi connectivity index (χ2n) is 10.0. The molecule has 1 aromatic carbocycles. The van der Waals surface area contributed by atoms with Gasteiger partial charge in [-0.15, -0.1) is 0 Å². The van der Waals surface area contributed by atoms with Gasteiger partial charge >= 0.3 is 5.97 Å². The zero-order chi connectivity index (χ0) is 28.8. The highest BCUT2D eigenvalue weighted by atomic mass is 16.4. The predicted octanol–water partition coefficient (Wildman–Crippen LogP) is 0.236. The van der Waals surface area contributed by atoms with Gasteiger partial charge in [0.15, 0.2) is 0 Å². The molecule has 0 bridgehead atoms. The summed E-state index contributed by atoms with van der Waals surface area (Å²) in [5.41, 5.74) is 12.9. The second kappa shape index (κ2) is 16.2. The van der Waals surface area contributed by atoms with Crippen LogP contribution in [0.3, 0.4) is 0 Å². The average molecular weight is 544 g/mol. The van der Waals surface area contributed by atoms with Gasteiger partial charge in [-0.3, -0.25) is 14.4 Å². The van der Waals surface area contributed by atoms with E-state index in [1.165, 1.54) is 12.5 Å². The molecule has 214 valence electrons. The molecule has 39 heavy (non-hydrogen) atoms. The maximum atomic E-state index is 13.5. The largest absolute Gasteiger partial charge is 0.480 e. The van der Waals surface area contributed by atoms with Crippen molar-refractivity contribution in [3.63, 3.8) is 0 Å². The highest BCUT2D eigenvalue weighted by Gasteiger charge is 2.31. The Morgan fingerprint density at radius 3 is 2.10 bits per heavy atom. The van der Waals surface area contributed by atoms with Gasteiger partial charge in [0, 0.05) is 24.7 Å². The summed E-state index contributed by atoms with van der Waals surface area (Å²) in [6.07, 6.45) is 4.93. The van der Waals surface area contributed by atoms with Gasteiger partial charge in [0.2, 0.25) is 17.7 Å². The number of nitrogens with zero attached hydrogens (tertiary/aromatic N) is 1. The fraction of sp³-hybridized carbons (Fsp3) is 0.519. The van der Waals surface area contributed by atoms with Crippen LogP contribution in [0.2, 0.25) is 0 Å². The molecule has 0 spiro atoms. The van der Waals surface area contributed by atoms with E-state index in [1.54, 1.807) is 0 Å². The number of carboxylic acids is 1. The number of H-pyrrole nitrogens is 1. The van der Waals surface area contributed by atoms with Gasteiger partial charge in [-0.05, 0) is 43.7 Å². The summed E-state index contributed by atoms with van der Waals surface area (Å²) in [6.45, 7) is 4.30. The molecule has 12 nitrogen and oxygen atoms in total. The number of aromatic amines is 1. The lowest BCUT2D eigenvalue weighted by atomic mass is 10.0. The minimum atomic E-state index is -1.18. The number of benzene rings is 1. The Balaban J connectivity index is 2.24. The molecule has 0 aliphatic carbocycles. The number of hydrogen-bond donors (Lipinski definition) is 7. The normalized spacial score (nSPS) is 14.2. The maximum absolute atomic E-state index is 13.5. The highest BCUT2D eigenvalue weighted by molar-refractivity contribution is 5.94. The van der Waals surface area contributed by atoms with Gasteiger partial charge in [0.05, 0.1) is 12.4 Å². The fourth-order valence-electron chi connectivity index (χ4n) is 4.07. The monoisotopic (exact) mass is 543 g/mol. The highest BCUT2D eigenvalue weighted by Crippen LogP contribution is 2.09. The SMILES string of the molecule is CC(C)CC(N)C(=O)NC(Cc1ccccc1)C(=O)NC(Cc1cnc[nH]1)C(=O)NC(CCCCN)C(=O)O. The van der Waals surface area contributed by atoms with Crippen LogP contribution in [0.15, 0.2) is 42.9 Å². The van der Waals surface area contributed by atoms with E-state index in [0.717, 1.165) is 5.56 Å². The maximum Gasteiger partial charge on any atom is 0.326 e. The van der Waals surface area contributed by atoms with Crippen LogP contribution in [0.25, 0.3) is 0 Å². The lowest BCUT2D eigenvalue weighted by molar-refractivity contribution is -0.142. The summed E-state index contributed by atoms with van der Waals surface area (Å²) in [7, 11) is 0. The first kappa shape index (κ1) is 31.4. The molecule has 1 aromatic heterocycles. The molecule has 2 rings (SSSR count). The van der Waals surface area contributed by atoms with Gasteiger partial charge in [0.1, 0.15) is 18.1 Å². The van der Waals surface area contributed by atoms with Crippen LogP contribution in [0.5, 0.6) is 0 Å². The molecule has 0 saturated carbocycles. The number of carbonyl (C=O) groups is 4. The van der Waals surface area contributed by atoms with Crippen molar-refractivity contribution in [2.75, 3.05) is 6.54 Å². The number of rotatable bonds is 17. The molecule has 1 heterocycles. The Hall–Kier alpha value is -3.77. The zero-order valence-corrected chi connectivity index (χ0v) is 22.6. The van der Waals surface area contributed by atoms with Gasteiger partial charge < -0.3 is 37.5 Å². The van der Waals surface area contributed by atoms with E-state index in [2.05, 4.69) is 25.9 Å². The smallest absolute Gasteiger partial charge is 0.326 e. The molecule has 12 heteroatoms. The number of aromatic nitrogens is 2. The van der Waals surface area contributed by atoms with Crippen LogP contribution >= 0.6 is 0 Å². The van der Waals surface area contributed by atoms with E-state index in [-0.39, 0.29) is 25.2 Å². The molecule has 3 amide bonds. The van der Waals surface area contributed by atoms with Crippen molar-refractivity contribution >= 4 is 23.7 Å². The van der Waals surface area contributed by atoms with Crippen molar-refractivity contribution in [2.24, 2.45) is 17.4 Å². The summed E-state index contributed by atoms with van der Waals surface area (Å²) in [5, 5.41) is 17.6. The number of amides is 3. The topological polar surface area (TPSA) is 205 Å². The third-order valence-corrected chi connectivity index (χ3v) is 6.15. The van der Waals surface area contributed by atoms with Gasteiger partial charge in [-0.1, -0.05) is 44.2 Å². The summed E-state index contributed by atoms with van der Waals surface area (Å²) >= 11 is 0. The van der Waals surface area contributed by atoms with Gasteiger partial charge in [-0.25, -0.2) is 9.78 Å². The lowest BCUT2D eigenvalue weighted by Crippen LogP contribution is -2.58. The Kier molecular flexibility index (Phi) is 13.1.